The lowest BCUT2D eigenvalue weighted by molar-refractivity contribution is 0.0633. The predicted octanol–water partition coefficient (Wildman–Crippen LogP) is 3.31. The van der Waals surface area contributed by atoms with Crippen LogP contribution in [0.2, 0.25) is 0 Å². The number of aromatic amines is 1. The lowest BCUT2D eigenvalue weighted by Crippen LogP contribution is -2.49. The fourth-order valence-corrected chi connectivity index (χ4v) is 3.50. The summed E-state index contributed by atoms with van der Waals surface area (Å²) in [6.07, 6.45) is 1.03. The van der Waals surface area contributed by atoms with Crippen molar-refractivity contribution in [3.8, 4) is 0 Å². The molecule has 0 aliphatic carbocycles. The second-order valence-corrected chi connectivity index (χ2v) is 6.78. The number of rotatable bonds is 4. The molecule has 2 heterocycles. The van der Waals surface area contributed by atoms with Gasteiger partial charge in [-0.05, 0) is 36.2 Å². The molecule has 134 valence electrons. The molecule has 1 fully saturated rings. The van der Waals surface area contributed by atoms with Gasteiger partial charge in [0.25, 0.3) is 5.91 Å². The van der Waals surface area contributed by atoms with Crippen molar-refractivity contribution in [2.75, 3.05) is 32.7 Å². The molecule has 1 N–H and O–H groups in total. The Morgan fingerprint density at radius 1 is 1.00 bits per heavy atom. The maximum Gasteiger partial charge on any atom is 0.270 e. The van der Waals surface area contributed by atoms with E-state index < -0.39 is 0 Å². The van der Waals surface area contributed by atoms with Crippen LogP contribution in [0.15, 0.2) is 54.6 Å². The van der Waals surface area contributed by atoms with E-state index in [4.69, 9.17) is 0 Å². The number of carbonyl (C=O) groups is 1. The van der Waals surface area contributed by atoms with Gasteiger partial charge in [0.1, 0.15) is 11.5 Å². The van der Waals surface area contributed by atoms with E-state index in [1.165, 1.54) is 17.7 Å². The Hall–Kier alpha value is -2.66. The molecule has 0 bridgehead atoms. The normalized spacial score (nSPS) is 15.5. The maximum atomic E-state index is 13.3. The first-order valence-corrected chi connectivity index (χ1v) is 9.03. The number of carbonyl (C=O) groups excluding carboxylic acids is 1. The van der Waals surface area contributed by atoms with Gasteiger partial charge in [-0.3, -0.25) is 9.69 Å². The summed E-state index contributed by atoms with van der Waals surface area (Å²) in [4.78, 5) is 20.1. The summed E-state index contributed by atoms with van der Waals surface area (Å²) < 4.78 is 13.3. The quantitative estimate of drug-likeness (QED) is 0.783. The molecule has 2 aromatic carbocycles. The number of piperazine rings is 1. The second kappa shape index (κ2) is 7.30. The van der Waals surface area contributed by atoms with Gasteiger partial charge in [0.15, 0.2) is 0 Å². The number of fused-ring (bicyclic) bond motifs is 1. The summed E-state index contributed by atoms with van der Waals surface area (Å²) in [6.45, 7) is 4.22. The Morgan fingerprint density at radius 2 is 1.77 bits per heavy atom. The van der Waals surface area contributed by atoms with Crippen molar-refractivity contribution in [1.82, 2.24) is 14.8 Å². The third-order valence-electron chi connectivity index (χ3n) is 5.03. The van der Waals surface area contributed by atoms with Crippen molar-refractivity contribution in [2.24, 2.45) is 0 Å². The SMILES string of the molecule is O=C(c1cc2cc(F)ccc2[nH]1)N1CCN(CCc2ccccc2)CC1. The molecule has 1 amide bonds. The van der Waals surface area contributed by atoms with Gasteiger partial charge in [-0.25, -0.2) is 4.39 Å². The van der Waals surface area contributed by atoms with Crippen LogP contribution in [0.4, 0.5) is 4.39 Å². The van der Waals surface area contributed by atoms with Gasteiger partial charge >= 0.3 is 0 Å². The van der Waals surface area contributed by atoms with Gasteiger partial charge in [-0.1, -0.05) is 30.3 Å². The monoisotopic (exact) mass is 351 g/mol. The Bertz CT molecular complexity index is 898. The van der Waals surface area contributed by atoms with Gasteiger partial charge in [0, 0.05) is 43.6 Å². The Kier molecular flexibility index (Phi) is 4.71. The standard InChI is InChI=1S/C21H22FN3O/c22-18-6-7-19-17(14-18)15-20(23-19)21(26)25-12-10-24(11-13-25)9-8-16-4-2-1-3-5-16/h1-7,14-15,23H,8-13H2. The zero-order valence-corrected chi connectivity index (χ0v) is 14.6. The molecule has 0 radical (unpaired) electrons. The molecule has 0 atom stereocenters. The first-order valence-electron chi connectivity index (χ1n) is 9.03. The third kappa shape index (κ3) is 3.63. The highest BCUT2D eigenvalue weighted by Gasteiger charge is 2.23. The van der Waals surface area contributed by atoms with Crippen LogP contribution < -0.4 is 0 Å². The van der Waals surface area contributed by atoms with Crippen molar-refractivity contribution in [3.63, 3.8) is 0 Å². The highest BCUT2D eigenvalue weighted by atomic mass is 19.1. The zero-order valence-electron chi connectivity index (χ0n) is 14.6. The molecule has 1 aliphatic rings. The molecule has 0 saturated carbocycles. The minimum atomic E-state index is -0.289. The number of amides is 1. The predicted molar refractivity (Wildman–Crippen MR) is 101 cm³/mol. The van der Waals surface area contributed by atoms with Crippen LogP contribution in [-0.2, 0) is 6.42 Å². The molecule has 0 unspecified atom stereocenters. The summed E-state index contributed by atoms with van der Waals surface area (Å²) in [5.74, 6) is -0.299. The number of halogens is 1. The van der Waals surface area contributed by atoms with E-state index in [-0.39, 0.29) is 11.7 Å². The summed E-state index contributed by atoms with van der Waals surface area (Å²) in [7, 11) is 0. The minimum Gasteiger partial charge on any atom is -0.351 e. The first kappa shape index (κ1) is 16.8. The van der Waals surface area contributed by atoms with E-state index in [0.717, 1.165) is 50.0 Å². The summed E-state index contributed by atoms with van der Waals surface area (Å²) in [5.41, 5.74) is 2.66. The molecule has 4 nitrogen and oxygen atoms in total. The van der Waals surface area contributed by atoms with Crippen LogP contribution in [0, 0.1) is 5.82 Å². The second-order valence-electron chi connectivity index (χ2n) is 6.78. The van der Waals surface area contributed by atoms with Crippen LogP contribution in [0.5, 0.6) is 0 Å². The summed E-state index contributed by atoms with van der Waals surface area (Å²) >= 11 is 0. The average molecular weight is 351 g/mol. The van der Waals surface area contributed by atoms with Gasteiger partial charge in [-0.2, -0.15) is 0 Å². The van der Waals surface area contributed by atoms with E-state index in [1.54, 1.807) is 12.1 Å². The maximum absolute atomic E-state index is 13.3. The summed E-state index contributed by atoms with van der Waals surface area (Å²) in [5, 5.41) is 0.731. The van der Waals surface area contributed by atoms with E-state index in [0.29, 0.717) is 5.69 Å². The number of aromatic nitrogens is 1. The fraction of sp³-hybridized carbons (Fsp3) is 0.286. The third-order valence-corrected chi connectivity index (χ3v) is 5.03. The van der Waals surface area contributed by atoms with Crippen LogP contribution in [-0.4, -0.2) is 53.4 Å². The minimum absolute atomic E-state index is 0.00989. The molecule has 3 aromatic rings. The first-order chi connectivity index (χ1) is 12.7. The molecular formula is C21H22FN3O. The topological polar surface area (TPSA) is 39.3 Å². The zero-order chi connectivity index (χ0) is 17.9. The lowest BCUT2D eigenvalue weighted by atomic mass is 10.1. The average Bonchev–Trinajstić information content (AvgIpc) is 3.10. The van der Waals surface area contributed by atoms with Crippen molar-refractivity contribution >= 4 is 16.8 Å². The molecule has 0 spiro atoms. The molecule has 1 aromatic heterocycles. The Morgan fingerprint density at radius 3 is 2.54 bits per heavy atom. The molecule has 5 heteroatoms. The number of benzene rings is 2. The lowest BCUT2D eigenvalue weighted by Gasteiger charge is -2.34. The van der Waals surface area contributed by atoms with E-state index in [1.807, 2.05) is 11.0 Å². The van der Waals surface area contributed by atoms with Crippen LogP contribution in [0.3, 0.4) is 0 Å². The fourth-order valence-electron chi connectivity index (χ4n) is 3.50. The van der Waals surface area contributed by atoms with Gasteiger partial charge in [-0.15, -0.1) is 0 Å². The largest absolute Gasteiger partial charge is 0.351 e. The Balaban J connectivity index is 1.34. The van der Waals surface area contributed by atoms with Crippen molar-refractivity contribution in [1.29, 1.82) is 0 Å². The van der Waals surface area contributed by atoms with Crippen LogP contribution in [0.1, 0.15) is 16.1 Å². The van der Waals surface area contributed by atoms with E-state index in [9.17, 15) is 9.18 Å². The number of hydrogen-bond donors (Lipinski definition) is 1. The smallest absolute Gasteiger partial charge is 0.270 e. The number of nitrogens with one attached hydrogen (secondary N) is 1. The van der Waals surface area contributed by atoms with Crippen molar-refractivity contribution in [3.05, 3.63) is 71.7 Å². The van der Waals surface area contributed by atoms with E-state index in [2.05, 4.69) is 34.1 Å². The molecule has 4 rings (SSSR count). The highest BCUT2D eigenvalue weighted by Crippen LogP contribution is 2.18. The number of H-pyrrole nitrogens is 1. The van der Waals surface area contributed by atoms with Gasteiger partial charge in [0.2, 0.25) is 0 Å². The Labute approximate surface area is 152 Å². The van der Waals surface area contributed by atoms with E-state index >= 15 is 0 Å². The summed E-state index contributed by atoms with van der Waals surface area (Å²) in [6, 6.07) is 16.7. The van der Waals surface area contributed by atoms with Crippen molar-refractivity contribution in [2.45, 2.75) is 6.42 Å². The number of nitrogens with zero attached hydrogens (tertiary/aromatic N) is 2. The molecule has 1 aliphatic heterocycles. The van der Waals surface area contributed by atoms with Crippen LogP contribution in [0.25, 0.3) is 10.9 Å². The van der Waals surface area contributed by atoms with Gasteiger partial charge in [0.05, 0.1) is 0 Å². The highest BCUT2D eigenvalue weighted by molar-refractivity contribution is 5.98. The molecule has 1 saturated heterocycles. The number of hydrogen-bond acceptors (Lipinski definition) is 2. The molecule has 26 heavy (non-hydrogen) atoms. The molecular weight excluding hydrogens is 329 g/mol. The van der Waals surface area contributed by atoms with Crippen LogP contribution >= 0.6 is 0 Å². The van der Waals surface area contributed by atoms with Crippen molar-refractivity contribution < 1.29 is 9.18 Å². The van der Waals surface area contributed by atoms with Gasteiger partial charge < -0.3 is 9.88 Å².